The van der Waals surface area contributed by atoms with Gasteiger partial charge in [0.05, 0.1) is 22.7 Å². The zero-order valence-electron chi connectivity index (χ0n) is 23.0. The maximum absolute atomic E-state index is 14.6. The highest BCUT2D eigenvalue weighted by molar-refractivity contribution is 7.92. The summed E-state index contributed by atoms with van der Waals surface area (Å²) in [6, 6.07) is 16.8. The lowest BCUT2D eigenvalue weighted by Crippen LogP contribution is -2.54. The predicted octanol–water partition coefficient (Wildman–Crippen LogP) is 5.02. The van der Waals surface area contributed by atoms with Crippen LogP contribution in [0.1, 0.15) is 33.3 Å². The zero-order chi connectivity index (χ0) is 29.7. The normalized spacial score (nSPS) is 12.4. The van der Waals surface area contributed by atoms with Crippen LogP contribution in [-0.2, 0) is 26.2 Å². The van der Waals surface area contributed by atoms with E-state index < -0.39 is 45.8 Å². The van der Waals surface area contributed by atoms with E-state index in [4.69, 9.17) is 16.3 Å². The molecule has 0 aliphatic rings. The summed E-state index contributed by atoms with van der Waals surface area (Å²) in [6.45, 7) is 5.96. The average Bonchev–Trinajstić information content (AvgIpc) is 2.90. The second-order valence-electron chi connectivity index (χ2n) is 10.2. The van der Waals surface area contributed by atoms with Crippen LogP contribution in [0.4, 0.5) is 10.1 Å². The molecule has 0 heterocycles. The maximum atomic E-state index is 14.6. The highest BCUT2D eigenvalue weighted by atomic mass is 35.5. The number of nitrogens with zero attached hydrogens (tertiary/aromatic N) is 2. The van der Waals surface area contributed by atoms with E-state index >= 15 is 0 Å². The summed E-state index contributed by atoms with van der Waals surface area (Å²) in [7, 11) is -2.84. The standard InChI is InChI=1S/C29H33ClFN3O5S/c1-20(28(36)32-29(2,3)4)33(18-21-11-9-10-14-25(21)31)27(35)19-34(22-15-16-26(39-5)24(30)17-22)40(37,38)23-12-7-6-8-13-23/h6-17,20H,18-19H2,1-5H3,(H,32,36)/t20-/m1/s1. The third-order valence-corrected chi connectivity index (χ3v) is 8.08. The first-order chi connectivity index (χ1) is 18.7. The summed E-state index contributed by atoms with van der Waals surface area (Å²) >= 11 is 6.31. The minimum Gasteiger partial charge on any atom is -0.495 e. The first-order valence-corrected chi connectivity index (χ1v) is 14.3. The van der Waals surface area contributed by atoms with Crippen LogP contribution in [0.2, 0.25) is 5.02 Å². The molecule has 0 aliphatic heterocycles. The van der Waals surface area contributed by atoms with Crippen LogP contribution in [0.25, 0.3) is 0 Å². The minimum absolute atomic E-state index is 0.0473. The van der Waals surface area contributed by atoms with E-state index in [9.17, 15) is 22.4 Å². The van der Waals surface area contributed by atoms with Crippen molar-refractivity contribution in [3.63, 3.8) is 0 Å². The number of carbonyl (C=O) groups excluding carboxylic acids is 2. The Labute approximate surface area is 239 Å². The summed E-state index contributed by atoms with van der Waals surface area (Å²) in [5.41, 5.74) is -0.308. The van der Waals surface area contributed by atoms with Gasteiger partial charge in [0.2, 0.25) is 11.8 Å². The molecule has 2 amide bonds. The van der Waals surface area contributed by atoms with Gasteiger partial charge >= 0.3 is 0 Å². The molecule has 0 spiro atoms. The van der Waals surface area contributed by atoms with E-state index in [-0.39, 0.29) is 27.7 Å². The highest BCUT2D eigenvalue weighted by Crippen LogP contribution is 2.32. The summed E-state index contributed by atoms with van der Waals surface area (Å²) in [5, 5.41) is 2.97. The number of nitrogens with one attached hydrogen (secondary N) is 1. The number of hydrogen-bond acceptors (Lipinski definition) is 5. The van der Waals surface area contributed by atoms with E-state index in [1.807, 2.05) is 0 Å². The molecule has 0 saturated carbocycles. The van der Waals surface area contributed by atoms with Crippen LogP contribution in [-0.4, -0.2) is 50.4 Å². The second kappa shape index (κ2) is 12.7. The van der Waals surface area contributed by atoms with Gasteiger partial charge < -0.3 is 15.0 Å². The molecule has 214 valence electrons. The molecule has 0 radical (unpaired) electrons. The van der Waals surface area contributed by atoms with Gasteiger partial charge in [-0.05, 0) is 64.1 Å². The first-order valence-electron chi connectivity index (χ1n) is 12.5. The van der Waals surface area contributed by atoms with Crippen molar-refractivity contribution in [3.8, 4) is 5.75 Å². The number of anilines is 1. The third-order valence-electron chi connectivity index (χ3n) is 6.00. The van der Waals surface area contributed by atoms with Gasteiger partial charge in [0, 0.05) is 17.6 Å². The highest BCUT2D eigenvalue weighted by Gasteiger charge is 2.34. The molecule has 1 atom stereocenters. The smallest absolute Gasteiger partial charge is 0.264 e. The monoisotopic (exact) mass is 589 g/mol. The van der Waals surface area contributed by atoms with Crippen molar-refractivity contribution < 1.29 is 27.1 Å². The van der Waals surface area contributed by atoms with Gasteiger partial charge in [-0.15, -0.1) is 0 Å². The molecule has 3 aromatic carbocycles. The van der Waals surface area contributed by atoms with E-state index in [0.29, 0.717) is 5.75 Å². The number of sulfonamides is 1. The minimum atomic E-state index is -4.26. The maximum Gasteiger partial charge on any atom is 0.264 e. The van der Waals surface area contributed by atoms with Gasteiger partial charge in [-0.3, -0.25) is 13.9 Å². The van der Waals surface area contributed by atoms with Gasteiger partial charge in [0.25, 0.3) is 10.0 Å². The number of hydrogen-bond donors (Lipinski definition) is 1. The van der Waals surface area contributed by atoms with E-state index in [1.54, 1.807) is 45.0 Å². The molecule has 0 fully saturated rings. The fourth-order valence-corrected chi connectivity index (χ4v) is 5.60. The fourth-order valence-electron chi connectivity index (χ4n) is 3.93. The molecule has 0 bridgehead atoms. The number of ether oxygens (including phenoxy) is 1. The summed E-state index contributed by atoms with van der Waals surface area (Å²) in [6.07, 6.45) is 0. The van der Waals surface area contributed by atoms with Gasteiger partial charge in [-0.1, -0.05) is 48.0 Å². The second-order valence-corrected chi connectivity index (χ2v) is 12.4. The Morgan fingerprint density at radius 1 is 1.02 bits per heavy atom. The summed E-state index contributed by atoms with van der Waals surface area (Å²) < 4.78 is 48.3. The van der Waals surface area contributed by atoms with Crippen LogP contribution >= 0.6 is 11.6 Å². The zero-order valence-corrected chi connectivity index (χ0v) is 24.6. The average molecular weight is 590 g/mol. The lowest BCUT2D eigenvalue weighted by molar-refractivity contribution is -0.140. The predicted molar refractivity (Wildman–Crippen MR) is 153 cm³/mol. The van der Waals surface area contributed by atoms with Crippen molar-refractivity contribution >= 4 is 39.1 Å². The van der Waals surface area contributed by atoms with Crippen molar-refractivity contribution in [3.05, 3.63) is 89.2 Å². The SMILES string of the molecule is COc1ccc(N(CC(=O)N(Cc2ccccc2F)[C@H](C)C(=O)NC(C)(C)C)S(=O)(=O)c2ccccc2)cc1Cl. The van der Waals surface area contributed by atoms with Gasteiger partial charge in [0.1, 0.15) is 24.2 Å². The Hall–Kier alpha value is -3.63. The molecule has 11 heteroatoms. The van der Waals surface area contributed by atoms with Crippen molar-refractivity contribution in [1.29, 1.82) is 0 Å². The molecule has 3 rings (SSSR count). The molecule has 40 heavy (non-hydrogen) atoms. The van der Waals surface area contributed by atoms with E-state index in [1.165, 1.54) is 62.6 Å². The summed E-state index contributed by atoms with van der Waals surface area (Å²) in [4.78, 5) is 28.1. The lowest BCUT2D eigenvalue weighted by atomic mass is 10.1. The number of benzene rings is 3. The van der Waals surface area contributed by atoms with Gasteiger partial charge in [-0.2, -0.15) is 0 Å². The molecule has 8 nitrogen and oxygen atoms in total. The van der Waals surface area contributed by atoms with Crippen LogP contribution < -0.4 is 14.4 Å². The Kier molecular flexibility index (Phi) is 9.81. The van der Waals surface area contributed by atoms with E-state index in [2.05, 4.69) is 5.32 Å². The van der Waals surface area contributed by atoms with Crippen molar-refractivity contribution in [1.82, 2.24) is 10.2 Å². The van der Waals surface area contributed by atoms with Crippen LogP contribution in [0.3, 0.4) is 0 Å². The molecule has 0 aromatic heterocycles. The van der Waals surface area contributed by atoms with Crippen molar-refractivity contribution in [2.75, 3.05) is 18.0 Å². The topological polar surface area (TPSA) is 96.0 Å². The third kappa shape index (κ3) is 7.51. The van der Waals surface area contributed by atoms with E-state index in [0.717, 1.165) is 9.21 Å². The fraction of sp³-hybridized carbons (Fsp3) is 0.310. The lowest BCUT2D eigenvalue weighted by Gasteiger charge is -2.33. The summed E-state index contributed by atoms with van der Waals surface area (Å²) in [5.74, 6) is -1.42. The molecule has 0 aliphatic carbocycles. The van der Waals surface area contributed by atoms with Crippen LogP contribution in [0.5, 0.6) is 5.75 Å². The molecule has 3 aromatic rings. The Balaban J connectivity index is 2.07. The Morgan fingerprint density at radius 2 is 1.65 bits per heavy atom. The number of amides is 2. The van der Waals surface area contributed by atoms with Crippen molar-refractivity contribution in [2.24, 2.45) is 0 Å². The number of methoxy groups -OCH3 is 1. The molecule has 0 saturated heterocycles. The van der Waals surface area contributed by atoms with Gasteiger partial charge in [-0.25, -0.2) is 12.8 Å². The number of rotatable bonds is 10. The molecule has 1 N–H and O–H groups in total. The van der Waals surface area contributed by atoms with Crippen molar-refractivity contribution in [2.45, 2.75) is 50.7 Å². The van der Waals surface area contributed by atoms with Crippen LogP contribution in [0, 0.1) is 5.82 Å². The van der Waals surface area contributed by atoms with Crippen LogP contribution in [0.15, 0.2) is 77.7 Å². The Bertz CT molecular complexity index is 1460. The molecular formula is C29H33ClFN3O5S. The molecule has 0 unspecified atom stereocenters. The number of carbonyl (C=O) groups is 2. The number of halogens is 2. The van der Waals surface area contributed by atoms with Gasteiger partial charge in [0.15, 0.2) is 0 Å². The molecular weight excluding hydrogens is 557 g/mol. The Morgan fingerprint density at radius 3 is 2.23 bits per heavy atom. The largest absolute Gasteiger partial charge is 0.495 e. The first kappa shape index (κ1) is 30.9. The quantitative estimate of drug-likeness (QED) is 0.358.